The van der Waals surface area contributed by atoms with Crippen LogP contribution in [0.15, 0.2) is 24.0 Å². The average Bonchev–Trinajstić information content (AvgIpc) is 2.86. The zero-order valence-electron chi connectivity index (χ0n) is 20.1. The zero-order chi connectivity index (χ0) is 24.3. The number of ether oxygens (including phenoxy) is 1. The summed E-state index contributed by atoms with van der Waals surface area (Å²) in [4.78, 5) is 0. The lowest BCUT2D eigenvalue weighted by Gasteiger charge is -2.37. The van der Waals surface area contributed by atoms with Gasteiger partial charge in [-0.3, -0.25) is 0 Å². The van der Waals surface area contributed by atoms with Crippen molar-refractivity contribution in [2.45, 2.75) is 103 Å². The quantitative estimate of drug-likeness (QED) is 0.366. The molecule has 2 fully saturated rings. The number of hydrogen-bond acceptors (Lipinski definition) is 1. The van der Waals surface area contributed by atoms with Gasteiger partial charge in [0.1, 0.15) is 5.83 Å². The summed E-state index contributed by atoms with van der Waals surface area (Å²) in [5, 5.41) is 0. The molecule has 1 nitrogen and oxygen atoms in total. The number of hydrogen-bond donors (Lipinski definition) is 0. The molecule has 2 saturated carbocycles. The molecule has 0 N–H and O–H groups in total. The molecular weight excluding hydrogens is 447 g/mol. The molecule has 6 heteroatoms. The number of halogens is 5. The minimum Gasteiger partial charge on any atom is -0.364 e. The highest BCUT2D eigenvalue weighted by Gasteiger charge is 2.42. The van der Waals surface area contributed by atoms with Crippen LogP contribution >= 0.6 is 0 Å². The van der Waals surface area contributed by atoms with E-state index in [1.165, 1.54) is 63.1 Å². The first-order valence-corrected chi connectivity index (χ1v) is 13.1. The van der Waals surface area contributed by atoms with Gasteiger partial charge in [-0.05, 0) is 73.5 Å². The molecule has 0 amide bonds. The number of unbranched alkanes of at least 4 members (excludes halogenated alkanes) is 1. The number of rotatable bonds is 6. The first-order chi connectivity index (χ1) is 16.3. The molecule has 1 aliphatic heterocycles. The van der Waals surface area contributed by atoms with Crippen LogP contribution in [-0.2, 0) is 17.8 Å². The Morgan fingerprint density at radius 2 is 1.56 bits per heavy atom. The molecule has 34 heavy (non-hydrogen) atoms. The van der Waals surface area contributed by atoms with E-state index in [1.807, 2.05) is 0 Å². The van der Waals surface area contributed by atoms with E-state index in [4.69, 9.17) is 4.74 Å². The van der Waals surface area contributed by atoms with Crippen molar-refractivity contribution in [3.63, 3.8) is 0 Å². The maximum Gasteiger partial charge on any atom is 0.414 e. The second-order valence-electron chi connectivity index (χ2n) is 10.7. The second-order valence-corrected chi connectivity index (χ2v) is 10.7. The van der Waals surface area contributed by atoms with Crippen LogP contribution in [0.5, 0.6) is 0 Å². The van der Waals surface area contributed by atoms with Crippen LogP contribution in [0.1, 0.15) is 94.2 Å². The average molecular weight is 485 g/mol. The van der Waals surface area contributed by atoms with E-state index in [-0.39, 0.29) is 18.6 Å². The summed E-state index contributed by atoms with van der Waals surface area (Å²) < 4.78 is 73.8. The van der Waals surface area contributed by atoms with E-state index in [9.17, 15) is 13.2 Å². The zero-order valence-corrected chi connectivity index (χ0v) is 20.1. The first kappa shape index (κ1) is 25.7. The highest BCUT2D eigenvalue weighted by Crippen LogP contribution is 2.45. The van der Waals surface area contributed by atoms with Gasteiger partial charge < -0.3 is 4.74 Å². The lowest BCUT2D eigenvalue weighted by atomic mass is 9.68. The van der Waals surface area contributed by atoms with Crippen LogP contribution in [0, 0.1) is 23.7 Å². The summed E-state index contributed by atoms with van der Waals surface area (Å²) in [6.45, 7) is 2.00. The highest BCUT2D eigenvalue weighted by atomic mass is 19.4. The monoisotopic (exact) mass is 484 g/mol. The van der Waals surface area contributed by atoms with Gasteiger partial charge in [-0.2, -0.15) is 13.2 Å². The van der Waals surface area contributed by atoms with Gasteiger partial charge in [0.05, 0.1) is 6.61 Å². The van der Waals surface area contributed by atoms with Crippen molar-refractivity contribution in [2.75, 3.05) is 0 Å². The predicted octanol–water partition coefficient (Wildman–Crippen LogP) is 9.10. The molecule has 0 bridgehead atoms. The molecule has 2 aliphatic carbocycles. The van der Waals surface area contributed by atoms with Gasteiger partial charge in [-0.15, -0.1) is 0 Å². The third kappa shape index (κ3) is 6.03. The van der Waals surface area contributed by atoms with E-state index >= 15 is 8.78 Å². The lowest BCUT2D eigenvalue weighted by Crippen LogP contribution is -2.36. The maximum atomic E-state index is 15.1. The fourth-order valence-electron chi connectivity index (χ4n) is 6.36. The fourth-order valence-corrected chi connectivity index (χ4v) is 6.36. The van der Waals surface area contributed by atoms with Crippen LogP contribution in [-0.4, -0.2) is 12.3 Å². The van der Waals surface area contributed by atoms with Gasteiger partial charge in [-0.25, -0.2) is 8.78 Å². The normalized spacial score (nSPS) is 31.1. The Kier molecular flexibility index (Phi) is 8.37. The Balaban J connectivity index is 1.32. The molecule has 190 valence electrons. The Hall–Kier alpha value is -1.43. The van der Waals surface area contributed by atoms with Gasteiger partial charge in [0.15, 0.2) is 11.9 Å². The molecule has 1 heterocycles. The van der Waals surface area contributed by atoms with Crippen molar-refractivity contribution in [2.24, 2.45) is 23.7 Å². The van der Waals surface area contributed by atoms with E-state index in [0.29, 0.717) is 29.9 Å². The summed E-state index contributed by atoms with van der Waals surface area (Å²) in [7, 11) is 0. The fraction of sp³-hybridized carbons (Fsp3) is 0.714. The van der Waals surface area contributed by atoms with Crippen molar-refractivity contribution >= 4 is 5.83 Å². The topological polar surface area (TPSA) is 9.23 Å². The standard InChI is InChI=1S/C28H37F5O/c1-2-3-4-18-5-7-19(8-6-18)20-9-11-21(12-10-20)26(29)27(30)23-14-13-22-16-25(28(31,32)33)34-17-24(22)15-23/h13-15,18-21,25H,2-12,16-17H2,1H3/b27-26+. The molecule has 0 spiro atoms. The van der Waals surface area contributed by atoms with Crippen molar-refractivity contribution in [3.05, 3.63) is 40.7 Å². The van der Waals surface area contributed by atoms with Crippen molar-refractivity contribution in [3.8, 4) is 0 Å². The van der Waals surface area contributed by atoms with Crippen LogP contribution < -0.4 is 0 Å². The summed E-state index contributed by atoms with van der Waals surface area (Å²) in [5.41, 5.74) is 1.08. The summed E-state index contributed by atoms with van der Waals surface area (Å²) in [6, 6.07) is 4.32. The number of fused-ring (bicyclic) bond motifs is 1. The minimum atomic E-state index is -4.43. The minimum absolute atomic E-state index is 0.0952. The predicted molar refractivity (Wildman–Crippen MR) is 124 cm³/mol. The smallest absolute Gasteiger partial charge is 0.364 e. The third-order valence-corrected chi connectivity index (χ3v) is 8.53. The summed E-state index contributed by atoms with van der Waals surface area (Å²) >= 11 is 0. The molecule has 3 aliphatic rings. The summed E-state index contributed by atoms with van der Waals surface area (Å²) in [6.07, 6.45) is 5.80. The Bertz CT molecular complexity index is 845. The molecule has 1 atom stereocenters. The van der Waals surface area contributed by atoms with Gasteiger partial charge >= 0.3 is 6.18 Å². The van der Waals surface area contributed by atoms with Gasteiger partial charge in [-0.1, -0.05) is 51.2 Å². The Morgan fingerprint density at radius 3 is 2.18 bits per heavy atom. The van der Waals surface area contributed by atoms with Gasteiger partial charge in [0.2, 0.25) is 0 Å². The van der Waals surface area contributed by atoms with Crippen molar-refractivity contribution < 1.29 is 26.7 Å². The van der Waals surface area contributed by atoms with E-state index < -0.39 is 29.9 Å². The largest absolute Gasteiger partial charge is 0.414 e. The Morgan fingerprint density at radius 1 is 0.912 bits per heavy atom. The molecule has 1 unspecified atom stereocenters. The molecule has 1 aromatic carbocycles. The number of benzene rings is 1. The first-order valence-electron chi connectivity index (χ1n) is 13.1. The summed E-state index contributed by atoms with van der Waals surface area (Å²) in [5.74, 6) is 0.258. The Labute approximate surface area is 200 Å². The van der Waals surface area contributed by atoms with E-state index in [1.54, 1.807) is 0 Å². The SMILES string of the molecule is CCCCC1CCC(C2CCC(/C(F)=C(\F)c3ccc4c(c3)COC(C(F)(F)F)C4)CC2)CC1. The molecule has 0 aromatic heterocycles. The lowest BCUT2D eigenvalue weighted by molar-refractivity contribution is -0.226. The van der Waals surface area contributed by atoms with Gasteiger partial charge in [0, 0.05) is 17.9 Å². The molecule has 1 aromatic rings. The van der Waals surface area contributed by atoms with Crippen molar-refractivity contribution in [1.29, 1.82) is 0 Å². The van der Waals surface area contributed by atoms with E-state index in [0.717, 1.165) is 24.7 Å². The number of allylic oxidation sites excluding steroid dienone is 1. The molecule has 0 saturated heterocycles. The van der Waals surface area contributed by atoms with Crippen LogP contribution in [0.3, 0.4) is 0 Å². The van der Waals surface area contributed by atoms with E-state index in [2.05, 4.69) is 6.92 Å². The molecule has 0 radical (unpaired) electrons. The number of alkyl halides is 3. The molecule has 4 rings (SSSR count). The van der Waals surface area contributed by atoms with Crippen LogP contribution in [0.2, 0.25) is 0 Å². The highest BCUT2D eigenvalue weighted by molar-refractivity contribution is 5.62. The maximum absolute atomic E-state index is 15.1. The van der Waals surface area contributed by atoms with Gasteiger partial charge in [0.25, 0.3) is 0 Å². The van der Waals surface area contributed by atoms with Crippen LogP contribution in [0.4, 0.5) is 22.0 Å². The molecular formula is C28H37F5O. The van der Waals surface area contributed by atoms with Crippen LogP contribution in [0.25, 0.3) is 5.83 Å². The third-order valence-electron chi connectivity index (χ3n) is 8.53. The van der Waals surface area contributed by atoms with Crippen molar-refractivity contribution in [1.82, 2.24) is 0 Å². The second kappa shape index (κ2) is 11.1.